The van der Waals surface area contributed by atoms with E-state index >= 15 is 0 Å². The maximum absolute atomic E-state index is 12.7. The standard InChI is InChI=1S/C16H14N2O3/c1-18-13(7-8-14(18)16(20)21-2)15(19)11-9-17-12-6-4-3-5-10(11)12/h3-9,17H,1-2H3. The lowest BCUT2D eigenvalue weighted by molar-refractivity contribution is 0.0590. The predicted octanol–water partition coefficient (Wildman–Crippen LogP) is 2.52. The normalized spacial score (nSPS) is 10.8. The fourth-order valence-electron chi connectivity index (χ4n) is 2.45. The number of benzene rings is 1. The molecule has 2 aromatic heterocycles. The highest BCUT2D eigenvalue weighted by molar-refractivity contribution is 6.16. The lowest BCUT2D eigenvalue weighted by Crippen LogP contribution is -2.12. The maximum Gasteiger partial charge on any atom is 0.354 e. The van der Waals surface area contributed by atoms with Crippen molar-refractivity contribution in [3.63, 3.8) is 0 Å². The van der Waals surface area contributed by atoms with Crippen LogP contribution in [0.1, 0.15) is 26.5 Å². The van der Waals surface area contributed by atoms with Gasteiger partial charge in [-0.25, -0.2) is 4.79 Å². The van der Waals surface area contributed by atoms with Crippen molar-refractivity contribution in [1.82, 2.24) is 9.55 Å². The summed E-state index contributed by atoms with van der Waals surface area (Å²) in [5.74, 6) is -0.597. The molecule has 0 saturated carbocycles. The summed E-state index contributed by atoms with van der Waals surface area (Å²) in [5, 5.41) is 0.864. The second-order valence-corrected chi connectivity index (χ2v) is 4.73. The first-order chi connectivity index (χ1) is 10.1. The Bertz CT molecular complexity index is 842. The zero-order valence-corrected chi connectivity index (χ0v) is 11.7. The number of hydrogen-bond donors (Lipinski definition) is 1. The summed E-state index contributed by atoms with van der Waals surface area (Å²) in [6.07, 6.45) is 1.69. The molecule has 0 aliphatic rings. The molecule has 0 bridgehead atoms. The van der Waals surface area contributed by atoms with Crippen LogP contribution in [0.2, 0.25) is 0 Å². The van der Waals surface area contributed by atoms with Gasteiger partial charge < -0.3 is 14.3 Å². The number of esters is 1. The van der Waals surface area contributed by atoms with E-state index in [1.165, 1.54) is 7.11 Å². The number of nitrogens with zero attached hydrogens (tertiary/aromatic N) is 1. The molecule has 1 aromatic carbocycles. The van der Waals surface area contributed by atoms with Crippen LogP contribution in [0.4, 0.5) is 0 Å². The van der Waals surface area contributed by atoms with Crippen molar-refractivity contribution in [3.8, 4) is 0 Å². The van der Waals surface area contributed by atoms with Crippen molar-refractivity contribution >= 4 is 22.7 Å². The highest BCUT2D eigenvalue weighted by atomic mass is 16.5. The largest absolute Gasteiger partial charge is 0.464 e. The molecule has 0 radical (unpaired) electrons. The van der Waals surface area contributed by atoms with Crippen LogP contribution in [0.3, 0.4) is 0 Å². The SMILES string of the molecule is COC(=O)c1ccc(C(=O)c2c[nH]c3ccccc23)n1C. The molecule has 106 valence electrons. The van der Waals surface area contributed by atoms with Gasteiger partial charge in [-0.3, -0.25) is 4.79 Å². The topological polar surface area (TPSA) is 64.1 Å². The van der Waals surface area contributed by atoms with Gasteiger partial charge >= 0.3 is 5.97 Å². The number of fused-ring (bicyclic) bond motifs is 1. The number of nitrogens with one attached hydrogen (secondary N) is 1. The van der Waals surface area contributed by atoms with Gasteiger partial charge in [0.25, 0.3) is 0 Å². The van der Waals surface area contributed by atoms with Gasteiger partial charge in [-0.2, -0.15) is 0 Å². The molecule has 1 N–H and O–H groups in total. The van der Waals surface area contributed by atoms with Gasteiger partial charge in [-0.15, -0.1) is 0 Å². The fourth-order valence-corrected chi connectivity index (χ4v) is 2.45. The van der Waals surface area contributed by atoms with E-state index in [0.717, 1.165) is 10.9 Å². The molecule has 0 aliphatic carbocycles. The first kappa shape index (κ1) is 13.2. The number of aromatic amines is 1. The van der Waals surface area contributed by atoms with Gasteiger partial charge in [-0.1, -0.05) is 18.2 Å². The van der Waals surface area contributed by atoms with Crippen molar-refractivity contribution in [2.45, 2.75) is 0 Å². The molecular weight excluding hydrogens is 268 g/mol. The third-order valence-corrected chi connectivity index (χ3v) is 3.58. The summed E-state index contributed by atoms with van der Waals surface area (Å²) < 4.78 is 6.25. The molecule has 3 aromatic rings. The van der Waals surface area contributed by atoms with E-state index in [-0.39, 0.29) is 5.78 Å². The Morgan fingerprint density at radius 3 is 2.57 bits per heavy atom. The smallest absolute Gasteiger partial charge is 0.354 e. The number of carbonyl (C=O) groups excluding carboxylic acids is 2. The number of para-hydroxylation sites is 1. The Balaban J connectivity index is 2.07. The Morgan fingerprint density at radius 2 is 1.81 bits per heavy atom. The average Bonchev–Trinajstić information content (AvgIpc) is 3.09. The molecule has 2 heterocycles. The van der Waals surface area contributed by atoms with Crippen molar-refractivity contribution < 1.29 is 14.3 Å². The number of carbonyl (C=O) groups is 2. The maximum atomic E-state index is 12.7. The first-order valence-electron chi connectivity index (χ1n) is 6.48. The Kier molecular flexibility index (Phi) is 3.10. The van der Waals surface area contributed by atoms with Crippen LogP contribution in [-0.4, -0.2) is 28.4 Å². The van der Waals surface area contributed by atoms with Crippen molar-refractivity contribution in [1.29, 1.82) is 0 Å². The first-order valence-corrected chi connectivity index (χ1v) is 6.48. The minimum Gasteiger partial charge on any atom is -0.464 e. The van der Waals surface area contributed by atoms with E-state index in [9.17, 15) is 9.59 Å². The third-order valence-electron chi connectivity index (χ3n) is 3.58. The summed E-state index contributed by atoms with van der Waals surface area (Å²) in [4.78, 5) is 27.4. The zero-order valence-electron chi connectivity index (χ0n) is 11.7. The van der Waals surface area contributed by atoms with Crippen LogP contribution in [0, 0.1) is 0 Å². The molecule has 5 heteroatoms. The fraction of sp³-hybridized carbons (Fsp3) is 0.125. The molecule has 0 amide bonds. The highest BCUT2D eigenvalue weighted by Crippen LogP contribution is 2.21. The summed E-state index contributed by atoms with van der Waals surface area (Å²) in [6.45, 7) is 0. The van der Waals surface area contributed by atoms with Crippen LogP contribution in [-0.2, 0) is 11.8 Å². The minimum atomic E-state index is -0.463. The molecule has 0 atom stereocenters. The number of hydrogen-bond acceptors (Lipinski definition) is 3. The average molecular weight is 282 g/mol. The predicted molar refractivity (Wildman–Crippen MR) is 78.5 cm³/mol. The quantitative estimate of drug-likeness (QED) is 0.593. The van der Waals surface area contributed by atoms with Crippen LogP contribution in [0.5, 0.6) is 0 Å². The molecule has 3 rings (SSSR count). The Morgan fingerprint density at radius 1 is 1.10 bits per heavy atom. The third kappa shape index (κ3) is 2.03. The molecular formula is C16H14N2O3. The van der Waals surface area contributed by atoms with Gasteiger partial charge in [0.15, 0.2) is 0 Å². The number of ketones is 1. The van der Waals surface area contributed by atoms with E-state index < -0.39 is 5.97 Å². The van der Waals surface area contributed by atoms with Crippen molar-refractivity contribution in [2.24, 2.45) is 7.05 Å². The monoisotopic (exact) mass is 282 g/mol. The van der Waals surface area contributed by atoms with E-state index in [1.807, 2.05) is 24.3 Å². The van der Waals surface area contributed by atoms with Gasteiger partial charge in [0.2, 0.25) is 5.78 Å². The molecule has 21 heavy (non-hydrogen) atoms. The van der Waals surface area contributed by atoms with Crippen molar-refractivity contribution in [2.75, 3.05) is 7.11 Å². The van der Waals surface area contributed by atoms with Crippen LogP contribution in [0.15, 0.2) is 42.6 Å². The molecule has 0 spiro atoms. The summed E-state index contributed by atoms with van der Waals surface area (Å²) in [7, 11) is 2.99. The molecule has 5 nitrogen and oxygen atoms in total. The summed E-state index contributed by atoms with van der Waals surface area (Å²) in [5.41, 5.74) is 2.28. The van der Waals surface area contributed by atoms with E-state index in [0.29, 0.717) is 17.0 Å². The van der Waals surface area contributed by atoms with E-state index in [2.05, 4.69) is 4.98 Å². The molecule has 0 aliphatic heterocycles. The Hall–Kier alpha value is -2.82. The summed E-state index contributed by atoms with van der Waals surface area (Å²) in [6, 6.07) is 10.8. The highest BCUT2D eigenvalue weighted by Gasteiger charge is 2.20. The molecule has 0 unspecified atom stereocenters. The van der Waals surface area contributed by atoms with E-state index in [4.69, 9.17) is 4.74 Å². The van der Waals surface area contributed by atoms with Gasteiger partial charge in [0, 0.05) is 29.7 Å². The Labute approximate surface area is 121 Å². The van der Waals surface area contributed by atoms with Crippen LogP contribution >= 0.6 is 0 Å². The van der Waals surface area contributed by atoms with Crippen LogP contribution in [0.25, 0.3) is 10.9 Å². The molecule has 0 saturated heterocycles. The van der Waals surface area contributed by atoms with Crippen LogP contribution < -0.4 is 0 Å². The van der Waals surface area contributed by atoms with Gasteiger partial charge in [-0.05, 0) is 18.2 Å². The second-order valence-electron chi connectivity index (χ2n) is 4.73. The lowest BCUT2D eigenvalue weighted by Gasteiger charge is -2.05. The minimum absolute atomic E-state index is 0.134. The van der Waals surface area contributed by atoms with Gasteiger partial charge in [0.1, 0.15) is 5.69 Å². The van der Waals surface area contributed by atoms with E-state index in [1.54, 1.807) is 29.9 Å². The molecule has 0 fully saturated rings. The number of H-pyrrole nitrogens is 1. The number of rotatable bonds is 3. The zero-order chi connectivity index (χ0) is 15.0. The number of ether oxygens (including phenoxy) is 1. The number of aromatic nitrogens is 2. The van der Waals surface area contributed by atoms with Crippen molar-refractivity contribution in [3.05, 3.63) is 59.5 Å². The number of methoxy groups -OCH3 is 1. The summed E-state index contributed by atoms with van der Waals surface area (Å²) >= 11 is 0. The second kappa shape index (κ2) is 4.94. The van der Waals surface area contributed by atoms with Gasteiger partial charge in [0.05, 0.1) is 12.8 Å². The lowest BCUT2D eigenvalue weighted by atomic mass is 10.1.